The molecule has 3 aromatic carbocycles. The summed E-state index contributed by atoms with van der Waals surface area (Å²) in [6.07, 6.45) is 0. The molecule has 0 bridgehead atoms. The zero-order valence-corrected chi connectivity index (χ0v) is 13.8. The Labute approximate surface area is 147 Å². The van der Waals surface area contributed by atoms with Crippen molar-refractivity contribution in [1.82, 2.24) is 0 Å². The SMILES string of the molecule is O=C(O)c1ccc2c(c1)N=C(c1ccccc1)c1cc(F)ccc1S2. The third-order valence-corrected chi connectivity index (χ3v) is 5.04. The summed E-state index contributed by atoms with van der Waals surface area (Å²) in [5.74, 6) is -1.34. The molecule has 3 aromatic rings. The number of halogens is 1. The summed E-state index contributed by atoms with van der Waals surface area (Å²) in [6.45, 7) is 0. The van der Waals surface area contributed by atoms with Crippen LogP contribution in [0.4, 0.5) is 10.1 Å². The fourth-order valence-corrected chi connectivity index (χ4v) is 3.70. The normalized spacial score (nSPS) is 12.6. The number of aromatic carboxylic acids is 1. The van der Waals surface area contributed by atoms with Crippen molar-refractivity contribution >= 4 is 29.1 Å². The molecule has 0 unspecified atom stereocenters. The van der Waals surface area contributed by atoms with Gasteiger partial charge in [0, 0.05) is 20.9 Å². The Balaban J connectivity index is 1.99. The predicted molar refractivity (Wildman–Crippen MR) is 95.7 cm³/mol. The van der Waals surface area contributed by atoms with Crippen molar-refractivity contribution in [2.45, 2.75) is 9.79 Å². The maximum Gasteiger partial charge on any atom is 0.335 e. The van der Waals surface area contributed by atoms with E-state index in [9.17, 15) is 14.3 Å². The second-order valence-electron chi connectivity index (χ2n) is 5.56. The number of aliphatic imine (C=N–C) groups is 1. The standard InChI is InChI=1S/C20H12FNO2S/c21-14-7-9-17-15(11-14)19(12-4-2-1-3-5-12)22-16-10-13(20(23)24)6-8-18(16)25-17/h1-11H,(H,23,24). The second-order valence-corrected chi connectivity index (χ2v) is 6.64. The van der Waals surface area contributed by atoms with Gasteiger partial charge in [0.05, 0.1) is 17.0 Å². The molecule has 0 atom stereocenters. The van der Waals surface area contributed by atoms with Gasteiger partial charge in [-0.25, -0.2) is 14.2 Å². The summed E-state index contributed by atoms with van der Waals surface area (Å²) in [5, 5.41) is 9.24. The summed E-state index contributed by atoms with van der Waals surface area (Å²) in [5.41, 5.74) is 2.92. The summed E-state index contributed by atoms with van der Waals surface area (Å²) in [7, 11) is 0. The molecule has 1 N–H and O–H groups in total. The summed E-state index contributed by atoms with van der Waals surface area (Å²) >= 11 is 1.46. The third kappa shape index (κ3) is 2.94. The van der Waals surface area contributed by atoms with Gasteiger partial charge in [-0.1, -0.05) is 42.1 Å². The predicted octanol–water partition coefficient (Wildman–Crippen LogP) is 5.16. The third-order valence-electron chi connectivity index (χ3n) is 3.90. The Kier molecular flexibility index (Phi) is 3.86. The molecule has 0 saturated heterocycles. The molecule has 122 valence electrons. The fraction of sp³-hybridized carbons (Fsp3) is 0. The minimum atomic E-state index is -1.00. The monoisotopic (exact) mass is 349 g/mol. The molecule has 0 spiro atoms. The van der Waals surface area contributed by atoms with Gasteiger partial charge in [0.15, 0.2) is 0 Å². The van der Waals surface area contributed by atoms with Gasteiger partial charge in [-0.2, -0.15) is 0 Å². The van der Waals surface area contributed by atoms with Crippen LogP contribution in [0, 0.1) is 5.82 Å². The molecule has 1 heterocycles. The molecule has 0 saturated carbocycles. The summed E-state index contributed by atoms with van der Waals surface area (Å²) in [6, 6.07) is 19.0. The zero-order valence-electron chi connectivity index (χ0n) is 12.9. The van der Waals surface area contributed by atoms with Crippen molar-refractivity contribution < 1.29 is 14.3 Å². The molecule has 1 aliphatic heterocycles. The lowest BCUT2D eigenvalue weighted by atomic mass is 10.0. The van der Waals surface area contributed by atoms with Gasteiger partial charge < -0.3 is 5.11 Å². The van der Waals surface area contributed by atoms with Crippen molar-refractivity contribution in [3.63, 3.8) is 0 Å². The number of rotatable bonds is 2. The topological polar surface area (TPSA) is 49.7 Å². The highest BCUT2D eigenvalue weighted by Gasteiger charge is 2.20. The molecular weight excluding hydrogens is 337 g/mol. The number of benzene rings is 3. The van der Waals surface area contributed by atoms with Crippen LogP contribution in [0.2, 0.25) is 0 Å². The largest absolute Gasteiger partial charge is 0.478 e. The smallest absolute Gasteiger partial charge is 0.335 e. The zero-order chi connectivity index (χ0) is 17.4. The van der Waals surface area contributed by atoms with E-state index in [1.54, 1.807) is 24.3 Å². The number of fused-ring (bicyclic) bond motifs is 2. The van der Waals surface area contributed by atoms with Gasteiger partial charge in [0.25, 0.3) is 0 Å². The van der Waals surface area contributed by atoms with Gasteiger partial charge in [0.1, 0.15) is 5.82 Å². The quantitative estimate of drug-likeness (QED) is 0.544. The molecule has 4 rings (SSSR count). The minimum absolute atomic E-state index is 0.174. The molecule has 0 fully saturated rings. The number of carbonyl (C=O) groups is 1. The first-order valence-electron chi connectivity index (χ1n) is 7.61. The Morgan fingerprint density at radius 1 is 0.960 bits per heavy atom. The second kappa shape index (κ2) is 6.18. The highest BCUT2D eigenvalue weighted by Crippen LogP contribution is 2.41. The lowest BCUT2D eigenvalue weighted by Gasteiger charge is -2.09. The molecule has 1 aliphatic rings. The average molecular weight is 349 g/mol. The van der Waals surface area contributed by atoms with Crippen molar-refractivity contribution in [3.8, 4) is 0 Å². The molecule has 3 nitrogen and oxygen atoms in total. The van der Waals surface area contributed by atoms with Crippen molar-refractivity contribution in [2.24, 2.45) is 4.99 Å². The molecule has 25 heavy (non-hydrogen) atoms. The molecular formula is C20H12FNO2S. The molecule has 0 aromatic heterocycles. The van der Waals surface area contributed by atoms with Crippen LogP contribution in [-0.2, 0) is 0 Å². The molecule has 0 amide bonds. The lowest BCUT2D eigenvalue weighted by molar-refractivity contribution is 0.0697. The van der Waals surface area contributed by atoms with Crippen molar-refractivity contribution in [2.75, 3.05) is 0 Å². The van der Waals surface area contributed by atoms with Gasteiger partial charge >= 0.3 is 5.97 Å². The number of nitrogens with zero attached hydrogens (tertiary/aromatic N) is 1. The van der Waals surface area contributed by atoms with E-state index in [1.807, 2.05) is 30.3 Å². The number of carboxylic acid groups (broad SMARTS) is 1. The van der Waals surface area contributed by atoms with E-state index in [2.05, 4.69) is 0 Å². The molecule has 0 aliphatic carbocycles. The van der Waals surface area contributed by atoms with Crippen molar-refractivity contribution in [1.29, 1.82) is 0 Å². The Hall–Kier alpha value is -2.92. The maximum atomic E-state index is 13.9. The summed E-state index contributed by atoms with van der Waals surface area (Å²) < 4.78 is 13.9. The van der Waals surface area contributed by atoms with E-state index in [-0.39, 0.29) is 11.4 Å². The van der Waals surface area contributed by atoms with Crippen LogP contribution >= 0.6 is 11.8 Å². The highest BCUT2D eigenvalue weighted by atomic mass is 32.2. The van der Waals surface area contributed by atoms with Crippen LogP contribution < -0.4 is 0 Å². The molecule has 0 radical (unpaired) electrons. The fourth-order valence-electron chi connectivity index (χ4n) is 2.72. The maximum absolute atomic E-state index is 13.9. The van der Waals surface area contributed by atoms with E-state index >= 15 is 0 Å². The van der Waals surface area contributed by atoms with Gasteiger partial charge in [-0.15, -0.1) is 0 Å². The first-order valence-corrected chi connectivity index (χ1v) is 8.43. The average Bonchev–Trinajstić information content (AvgIpc) is 2.78. The number of carboxylic acids is 1. The van der Waals surface area contributed by atoms with E-state index in [4.69, 9.17) is 4.99 Å². The first kappa shape index (κ1) is 15.6. The van der Waals surface area contributed by atoms with Crippen LogP contribution in [0.25, 0.3) is 0 Å². The van der Waals surface area contributed by atoms with Crippen LogP contribution in [-0.4, -0.2) is 16.8 Å². The highest BCUT2D eigenvalue weighted by molar-refractivity contribution is 7.99. The van der Waals surface area contributed by atoms with E-state index in [0.717, 1.165) is 15.4 Å². The Morgan fingerprint density at radius 3 is 2.48 bits per heavy atom. The summed E-state index contributed by atoms with van der Waals surface area (Å²) in [4.78, 5) is 17.7. The van der Waals surface area contributed by atoms with Crippen LogP contribution in [0.3, 0.4) is 0 Å². The first-order chi connectivity index (χ1) is 12.1. The minimum Gasteiger partial charge on any atom is -0.478 e. The Morgan fingerprint density at radius 2 is 1.72 bits per heavy atom. The number of hydrogen-bond donors (Lipinski definition) is 1. The van der Waals surface area contributed by atoms with Gasteiger partial charge in [0.2, 0.25) is 0 Å². The van der Waals surface area contributed by atoms with Crippen LogP contribution in [0.5, 0.6) is 0 Å². The van der Waals surface area contributed by atoms with Crippen LogP contribution in [0.15, 0.2) is 81.5 Å². The number of hydrogen-bond acceptors (Lipinski definition) is 3. The van der Waals surface area contributed by atoms with Crippen LogP contribution in [0.1, 0.15) is 21.5 Å². The van der Waals surface area contributed by atoms with E-state index < -0.39 is 5.97 Å². The van der Waals surface area contributed by atoms with E-state index in [1.165, 1.54) is 23.9 Å². The van der Waals surface area contributed by atoms with E-state index in [0.29, 0.717) is 17.0 Å². The van der Waals surface area contributed by atoms with Gasteiger partial charge in [-0.05, 0) is 36.4 Å². The lowest BCUT2D eigenvalue weighted by Crippen LogP contribution is -2.04. The molecule has 5 heteroatoms. The van der Waals surface area contributed by atoms with Crippen molar-refractivity contribution in [3.05, 3.63) is 89.2 Å². The van der Waals surface area contributed by atoms with Gasteiger partial charge in [-0.3, -0.25) is 0 Å². The Bertz CT molecular complexity index is 1020.